The van der Waals surface area contributed by atoms with Gasteiger partial charge in [0.2, 0.25) is 20.1 Å². The van der Waals surface area contributed by atoms with Gasteiger partial charge in [-0.3, -0.25) is 19.4 Å². The second kappa shape index (κ2) is 27.0. The molecule has 2 aliphatic heterocycles. The number of anilines is 1. The fraction of sp³-hybridized carbons (Fsp3) is 0.717. The van der Waals surface area contributed by atoms with E-state index in [0.717, 1.165) is 26.3 Å². The van der Waals surface area contributed by atoms with Gasteiger partial charge in [-0.05, 0) is 120 Å². The van der Waals surface area contributed by atoms with Gasteiger partial charge >= 0.3 is 30.7 Å². The zero-order valence-corrected chi connectivity index (χ0v) is 57.0. The van der Waals surface area contributed by atoms with Crippen LogP contribution in [0.1, 0.15) is 113 Å². The number of halogens is 10. The van der Waals surface area contributed by atoms with E-state index in [-0.39, 0.29) is 40.6 Å². The lowest BCUT2D eigenvalue weighted by atomic mass is 9.84. The number of rotatable bonds is 11. The van der Waals surface area contributed by atoms with Crippen LogP contribution in [0.4, 0.5) is 54.9 Å². The molecule has 2 aromatic rings. The number of nitrogens with zero attached hydrogens (tertiary/aromatic N) is 5. The van der Waals surface area contributed by atoms with Crippen LogP contribution < -0.4 is 9.88 Å². The molecule has 2 aliphatic rings. The fourth-order valence-corrected chi connectivity index (χ4v) is 15.0. The average Bonchev–Trinajstić information content (AvgIpc) is 3.19. The SMILES string of the molecule is CC(C)(C)OC(=O)N(C(=O)OC(C)(C)C)c1cc(CBr)ccn1.CC(C)(C)[Si](C)(C)N1C(=O)C[C@H]1C(F)(F)F.C[Si](C)(C)NC(CC(=O)O[Si](C)(C)C)C(F)(F)F.Cc1cc(C[C@H]2C(=O)N([Si](C)(C)C(C)(C)C)[C@@H]2C(F)(F)F)ccn1. The van der Waals surface area contributed by atoms with Gasteiger partial charge < -0.3 is 28.0 Å². The summed E-state index contributed by atoms with van der Waals surface area (Å²) >= 11 is 3.33. The van der Waals surface area contributed by atoms with Gasteiger partial charge in [-0.1, -0.05) is 103 Å². The van der Waals surface area contributed by atoms with E-state index in [2.05, 4.69) is 30.9 Å². The van der Waals surface area contributed by atoms with E-state index in [1.807, 2.05) is 67.7 Å². The topological polar surface area (TPSA) is 161 Å². The van der Waals surface area contributed by atoms with Crippen LogP contribution in [0.3, 0.4) is 0 Å². The molecule has 0 bridgehead atoms. The van der Waals surface area contributed by atoms with Crippen LogP contribution in [-0.4, -0.2) is 130 Å². The van der Waals surface area contributed by atoms with Crippen molar-refractivity contribution in [3.8, 4) is 0 Å². The van der Waals surface area contributed by atoms with Crippen LogP contribution in [0, 0.1) is 12.8 Å². The summed E-state index contributed by atoms with van der Waals surface area (Å²) in [5.41, 5.74) is 0.843. The van der Waals surface area contributed by atoms with E-state index in [1.165, 1.54) is 10.8 Å². The minimum absolute atomic E-state index is 0.109. The summed E-state index contributed by atoms with van der Waals surface area (Å²) in [4.78, 5) is 71.9. The highest BCUT2D eigenvalue weighted by molar-refractivity contribution is 9.08. The molecule has 4 heterocycles. The summed E-state index contributed by atoms with van der Waals surface area (Å²) in [5, 5.41) is -0.0179. The Labute approximate surface area is 486 Å². The van der Waals surface area contributed by atoms with Crippen molar-refractivity contribution in [2.75, 3.05) is 4.90 Å². The maximum Gasteiger partial charge on any atom is 0.425 e. The predicted octanol–water partition coefficient (Wildman–Crippen LogP) is 15.2. The Bertz CT molecular complexity index is 2450. The summed E-state index contributed by atoms with van der Waals surface area (Å²) in [7, 11) is -9.23. The third kappa shape index (κ3) is 23.3. The maximum absolute atomic E-state index is 13.7. The fourth-order valence-electron chi connectivity index (χ4n) is 7.70. The van der Waals surface area contributed by atoms with Crippen LogP contribution in [0.2, 0.25) is 75.5 Å². The molecule has 2 saturated heterocycles. The first-order chi connectivity index (χ1) is 35.8. The number of pyridine rings is 2. The minimum atomic E-state index is -4.43. The summed E-state index contributed by atoms with van der Waals surface area (Å²) in [6, 6.07) is 1.79. The van der Waals surface area contributed by atoms with Gasteiger partial charge in [0, 0.05) is 23.4 Å². The molecule has 4 rings (SSSR count). The lowest BCUT2D eigenvalue weighted by Crippen LogP contribution is -2.76. The van der Waals surface area contributed by atoms with Gasteiger partial charge in [0.05, 0.1) is 18.8 Å². The van der Waals surface area contributed by atoms with Crippen molar-refractivity contribution in [3.05, 3.63) is 53.5 Å². The van der Waals surface area contributed by atoms with Crippen molar-refractivity contribution in [1.82, 2.24) is 24.1 Å². The molecule has 14 nitrogen and oxygen atoms in total. The first-order valence-corrected chi connectivity index (χ1v) is 40.2. The van der Waals surface area contributed by atoms with Crippen LogP contribution in [0.5, 0.6) is 0 Å². The average molecular weight is 1300 g/mol. The number of alkyl halides is 10. The molecule has 28 heteroatoms. The van der Waals surface area contributed by atoms with Crippen molar-refractivity contribution in [2.24, 2.45) is 5.92 Å². The predicted molar refractivity (Wildman–Crippen MR) is 311 cm³/mol. The number of nitrogens with one attached hydrogen (secondary N) is 1. The monoisotopic (exact) mass is 1300 g/mol. The number of hydrogen-bond donors (Lipinski definition) is 1. The first-order valence-electron chi connectivity index (χ1n) is 26.3. The van der Waals surface area contributed by atoms with Gasteiger partial charge in [-0.2, -0.15) is 44.4 Å². The molecular formula is C53H88BrF9N6O8Si4. The van der Waals surface area contributed by atoms with E-state index in [0.29, 0.717) is 5.33 Å². The minimum Gasteiger partial charge on any atom is -0.520 e. The Hall–Kier alpha value is -3.87. The Morgan fingerprint density at radius 2 is 1.14 bits per heavy atom. The van der Waals surface area contributed by atoms with E-state index in [4.69, 9.17) is 13.9 Å². The number of hydrogen-bond acceptors (Lipinski definition) is 11. The number of amides is 4. The normalized spacial score (nSPS) is 18.1. The standard InChI is InChI=1S/C17H25F3N2OSi.C16H23BrN2O4.C10H22F3NO2Si2.C10H18F3NOSi/c1-11-9-12(7-8-21-11)10-13-14(17(18,19)20)22(15(13)23)24(5,6)16(2,3)4;1-15(2,3)22-13(20)19(14(21)23-16(4,5)6)12-9-11(10-17)7-8-18-12;1-17(2,3)14-8(10(11,12)13)7-9(15)16-18(4,5)6;1-9(2,3)16(4,5)14-7(6-8(14)15)10(11,12)13/h7-9,13-14H,10H2,1-6H3;7-9H,10H2,1-6H3;8,14H,7H2,1-6H3;7H,6H2,1-5H3/t13-,14+;;;7-/m1..0/s1. The summed E-state index contributed by atoms with van der Waals surface area (Å²) in [6.45, 7) is 41.5. The number of ether oxygens (including phenoxy) is 2. The van der Waals surface area contributed by atoms with Gasteiger partial charge in [-0.25, -0.2) is 14.6 Å². The second-order valence-electron chi connectivity index (χ2n) is 27.2. The molecule has 4 atom stereocenters. The molecule has 0 saturated carbocycles. The lowest BCUT2D eigenvalue weighted by molar-refractivity contribution is -0.217. The first kappa shape index (κ1) is 75.1. The van der Waals surface area contributed by atoms with E-state index >= 15 is 0 Å². The zero-order chi connectivity index (χ0) is 64.1. The van der Waals surface area contributed by atoms with E-state index in [1.54, 1.807) is 118 Å². The Balaban J connectivity index is 0.000000547. The van der Waals surface area contributed by atoms with Crippen molar-refractivity contribution < 1.29 is 77.4 Å². The molecule has 81 heavy (non-hydrogen) atoms. The van der Waals surface area contributed by atoms with Crippen molar-refractivity contribution in [2.45, 2.75) is 238 Å². The second-order valence-corrected chi connectivity index (χ2v) is 47.2. The summed E-state index contributed by atoms with van der Waals surface area (Å²) in [5.74, 6) is -2.36. The molecule has 0 aliphatic carbocycles. The highest BCUT2D eigenvalue weighted by atomic mass is 79.9. The highest BCUT2D eigenvalue weighted by Gasteiger charge is 2.66. The number of β-lactam (4-membered cyclic amide) rings is 2. The van der Waals surface area contributed by atoms with Gasteiger partial charge in [0.1, 0.15) is 43.4 Å². The molecule has 0 spiro atoms. The third-order valence-corrected chi connectivity index (χ3v) is 26.8. The molecule has 0 radical (unpaired) electrons. The van der Waals surface area contributed by atoms with Crippen LogP contribution in [0.15, 0.2) is 36.7 Å². The van der Waals surface area contributed by atoms with Gasteiger partial charge in [0.15, 0.2) is 16.5 Å². The smallest absolute Gasteiger partial charge is 0.425 e. The molecule has 2 aromatic heterocycles. The van der Waals surface area contributed by atoms with Crippen LogP contribution >= 0.6 is 15.9 Å². The molecule has 0 aromatic carbocycles. The Morgan fingerprint density at radius 1 is 0.691 bits per heavy atom. The van der Waals surface area contributed by atoms with Crippen molar-refractivity contribution >= 4 is 84.7 Å². The number of carbonyl (C=O) groups is 5. The maximum atomic E-state index is 13.7. The number of carbonyl (C=O) groups excluding carboxylic acids is 5. The van der Waals surface area contributed by atoms with Crippen LogP contribution in [0.25, 0.3) is 0 Å². The number of aromatic nitrogens is 2. The van der Waals surface area contributed by atoms with Gasteiger partial charge in [0.25, 0.3) is 5.97 Å². The number of imide groups is 1. The Morgan fingerprint density at radius 3 is 1.49 bits per heavy atom. The summed E-state index contributed by atoms with van der Waals surface area (Å²) < 4.78 is 135. The number of aryl methyl sites for hydroxylation is 1. The van der Waals surface area contributed by atoms with Crippen LogP contribution in [-0.2, 0) is 40.0 Å². The summed E-state index contributed by atoms with van der Waals surface area (Å²) in [6.07, 6.45) is -12.6. The third-order valence-electron chi connectivity index (χ3n) is 13.3. The lowest BCUT2D eigenvalue weighted by Gasteiger charge is -2.58. The molecule has 464 valence electrons. The molecular weight excluding hydrogens is 1210 g/mol. The Kier molecular flexibility index (Phi) is 25.1. The van der Waals surface area contributed by atoms with Gasteiger partial charge in [-0.15, -0.1) is 0 Å². The van der Waals surface area contributed by atoms with E-state index < -0.39 is 111 Å². The largest absolute Gasteiger partial charge is 0.520 e. The van der Waals surface area contributed by atoms with Crippen molar-refractivity contribution in [1.29, 1.82) is 0 Å². The quantitative estimate of drug-likeness (QED) is 0.0987. The zero-order valence-electron chi connectivity index (χ0n) is 51.4. The molecule has 4 amide bonds. The molecule has 2 fully saturated rings. The molecule has 1 N–H and O–H groups in total. The molecule has 1 unspecified atom stereocenters. The van der Waals surface area contributed by atoms with Crippen molar-refractivity contribution in [3.63, 3.8) is 0 Å². The highest BCUT2D eigenvalue weighted by Crippen LogP contribution is 2.50. The van der Waals surface area contributed by atoms with E-state index in [9.17, 15) is 63.5 Å².